The Labute approximate surface area is 76.7 Å². The molecule has 1 atom stereocenters. The van der Waals surface area contributed by atoms with E-state index in [4.69, 9.17) is 16.9 Å². The number of nitriles is 1. The quantitative estimate of drug-likeness (QED) is 0.673. The first-order valence-electron chi connectivity index (χ1n) is 4.01. The molecule has 0 radical (unpaired) electrons. The van der Waals surface area contributed by atoms with Gasteiger partial charge in [0, 0.05) is 0 Å². The molecule has 1 amide bonds. The van der Waals surface area contributed by atoms with Crippen molar-refractivity contribution in [2.75, 3.05) is 0 Å². The molecule has 66 valence electrons. The van der Waals surface area contributed by atoms with Gasteiger partial charge in [-0.2, -0.15) is 5.26 Å². The number of alkyl halides is 1. The van der Waals surface area contributed by atoms with Crippen molar-refractivity contribution in [3.8, 4) is 6.07 Å². The number of hydrogen-bond acceptors (Lipinski definition) is 2. The molecule has 1 aliphatic carbocycles. The van der Waals surface area contributed by atoms with Gasteiger partial charge >= 0.3 is 0 Å². The summed E-state index contributed by atoms with van der Waals surface area (Å²) in [6.07, 6.45) is 2.10. The second kappa shape index (κ2) is 3.32. The van der Waals surface area contributed by atoms with Crippen LogP contribution >= 0.6 is 11.6 Å². The van der Waals surface area contributed by atoms with E-state index in [-0.39, 0.29) is 5.91 Å². The van der Waals surface area contributed by atoms with Crippen molar-refractivity contribution >= 4 is 17.5 Å². The molecule has 1 N–H and O–H groups in total. The fraction of sp³-hybridized carbons (Fsp3) is 0.750. The fourth-order valence-corrected chi connectivity index (χ4v) is 0.944. The van der Waals surface area contributed by atoms with E-state index in [1.807, 2.05) is 6.92 Å². The topological polar surface area (TPSA) is 52.9 Å². The first-order chi connectivity index (χ1) is 5.63. The summed E-state index contributed by atoms with van der Waals surface area (Å²) in [7, 11) is 0. The van der Waals surface area contributed by atoms with Gasteiger partial charge in [-0.1, -0.05) is 6.92 Å². The average molecular weight is 187 g/mol. The number of rotatable bonds is 3. The molecule has 0 bridgehead atoms. The third-order valence-electron chi connectivity index (χ3n) is 1.97. The van der Waals surface area contributed by atoms with Gasteiger partial charge in [0.2, 0.25) is 5.91 Å². The van der Waals surface area contributed by atoms with Crippen molar-refractivity contribution in [1.29, 1.82) is 5.26 Å². The van der Waals surface area contributed by atoms with Gasteiger partial charge in [-0.05, 0) is 19.3 Å². The average Bonchev–Trinajstić information content (AvgIpc) is 2.84. The maximum Gasteiger partial charge on any atom is 0.239 e. The van der Waals surface area contributed by atoms with Gasteiger partial charge in [0.25, 0.3) is 0 Å². The Hall–Kier alpha value is -0.750. The van der Waals surface area contributed by atoms with E-state index in [2.05, 4.69) is 11.4 Å². The first-order valence-corrected chi connectivity index (χ1v) is 4.44. The molecule has 12 heavy (non-hydrogen) atoms. The first kappa shape index (κ1) is 9.34. The Morgan fingerprint density at radius 2 is 2.42 bits per heavy atom. The van der Waals surface area contributed by atoms with Crippen LogP contribution < -0.4 is 5.32 Å². The van der Waals surface area contributed by atoms with Crippen molar-refractivity contribution < 1.29 is 4.79 Å². The molecule has 4 heteroatoms. The van der Waals surface area contributed by atoms with Crippen LogP contribution in [-0.4, -0.2) is 16.8 Å². The van der Waals surface area contributed by atoms with Gasteiger partial charge in [0.1, 0.15) is 10.9 Å². The number of hydrogen-bond donors (Lipinski definition) is 1. The molecule has 1 rings (SSSR count). The normalized spacial score (nSPS) is 20.8. The zero-order chi connectivity index (χ0) is 9.19. The van der Waals surface area contributed by atoms with E-state index in [0.29, 0.717) is 6.42 Å². The summed E-state index contributed by atoms with van der Waals surface area (Å²) in [4.78, 5) is 11.2. The van der Waals surface area contributed by atoms with Gasteiger partial charge in [0.15, 0.2) is 0 Å². The van der Waals surface area contributed by atoms with Crippen molar-refractivity contribution in [2.45, 2.75) is 37.1 Å². The monoisotopic (exact) mass is 186 g/mol. The molecule has 0 heterocycles. The minimum Gasteiger partial charge on any atom is -0.337 e. The Bertz CT molecular complexity index is 230. The maximum atomic E-state index is 11.2. The van der Waals surface area contributed by atoms with Crippen LogP contribution in [0.15, 0.2) is 0 Å². The lowest BCUT2D eigenvalue weighted by atomic mass is 10.2. The van der Waals surface area contributed by atoms with E-state index in [0.717, 1.165) is 12.8 Å². The van der Waals surface area contributed by atoms with E-state index in [1.54, 1.807) is 0 Å². The number of amides is 1. The molecular formula is C8H11ClN2O. The molecule has 1 aliphatic rings. The van der Waals surface area contributed by atoms with Crippen LogP contribution in [0.4, 0.5) is 0 Å². The summed E-state index contributed by atoms with van der Waals surface area (Å²) >= 11 is 5.69. The molecule has 0 aromatic carbocycles. The van der Waals surface area contributed by atoms with E-state index in [1.165, 1.54) is 0 Å². The lowest BCUT2D eigenvalue weighted by Gasteiger charge is -2.11. The SMILES string of the molecule is CCC(Cl)C(=O)NC1(C#N)CC1. The van der Waals surface area contributed by atoms with E-state index < -0.39 is 10.9 Å². The van der Waals surface area contributed by atoms with Crippen molar-refractivity contribution in [1.82, 2.24) is 5.32 Å². The predicted octanol–water partition coefficient (Wildman–Crippen LogP) is 1.18. The van der Waals surface area contributed by atoms with E-state index >= 15 is 0 Å². The zero-order valence-electron chi connectivity index (χ0n) is 6.93. The highest BCUT2D eigenvalue weighted by molar-refractivity contribution is 6.30. The largest absolute Gasteiger partial charge is 0.337 e. The Morgan fingerprint density at radius 3 is 2.75 bits per heavy atom. The Kier molecular flexibility index (Phi) is 2.58. The lowest BCUT2D eigenvalue weighted by Crippen LogP contribution is -2.40. The highest BCUT2D eigenvalue weighted by Gasteiger charge is 2.45. The van der Waals surface area contributed by atoms with Crippen LogP contribution in [0.25, 0.3) is 0 Å². The predicted molar refractivity (Wildman–Crippen MR) is 45.7 cm³/mol. The van der Waals surface area contributed by atoms with Gasteiger partial charge in [0.05, 0.1) is 6.07 Å². The Balaban J connectivity index is 2.42. The Morgan fingerprint density at radius 1 is 1.83 bits per heavy atom. The molecule has 0 aromatic rings. The molecule has 3 nitrogen and oxygen atoms in total. The summed E-state index contributed by atoms with van der Waals surface area (Å²) in [6.45, 7) is 1.84. The van der Waals surface area contributed by atoms with Crippen LogP contribution in [-0.2, 0) is 4.79 Å². The van der Waals surface area contributed by atoms with Crippen LogP contribution in [0.5, 0.6) is 0 Å². The van der Waals surface area contributed by atoms with Gasteiger partial charge < -0.3 is 5.32 Å². The molecule has 1 saturated carbocycles. The van der Waals surface area contributed by atoms with Crippen molar-refractivity contribution in [3.63, 3.8) is 0 Å². The second-order valence-electron chi connectivity index (χ2n) is 3.06. The molecule has 0 aliphatic heterocycles. The maximum absolute atomic E-state index is 11.2. The summed E-state index contributed by atoms with van der Waals surface area (Å²) in [5.74, 6) is -0.224. The van der Waals surface area contributed by atoms with E-state index in [9.17, 15) is 4.79 Å². The highest BCUT2D eigenvalue weighted by atomic mass is 35.5. The number of halogens is 1. The minimum absolute atomic E-state index is 0.224. The lowest BCUT2D eigenvalue weighted by molar-refractivity contribution is -0.121. The molecule has 0 spiro atoms. The molecule has 1 unspecified atom stereocenters. The third kappa shape index (κ3) is 1.89. The standard InChI is InChI=1S/C8H11ClN2O/c1-2-6(9)7(12)11-8(5-10)3-4-8/h6H,2-4H2,1H3,(H,11,12). The van der Waals surface area contributed by atoms with Crippen LogP contribution in [0, 0.1) is 11.3 Å². The van der Waals surface area contributed by atoms with Crippen LogP contribution in [0.1, 0.15) is 26.2 Å². The third-order valence-corrected chi connectivity index (χ3v) is 2.48. The summed E-state index contributed by atoms with van der Waals surface area (Å²) < 4.78 is 0. The second-order valence-corrected chi connectivity index (χ2v) is 3.59. The van der Waals surface area contributed by atoms with Gasteiger partial charge in [-0.25, -0.2) is 0 Å². The van der Waals surface area contributed by atoms with Gasteiger partial charge in [-0.15, -0.1) is 11.6 Å². The molecule has 0 saturated heterocycles. The number of carbonyl (C=O) groups excluding carboxylic acids is 1. The fourth-order valence-electron chi connectivity index (χ4n) is 0.889. The molecular weight excluding hydrogens is 176 g/mol. The van der Waals surface area contributed by atoms with Crippen LogP contribution in [0.3, 0.4) is 0 Å². The summed E-state index contributed by atoms with van der Waals surface area (Å²) in [5, 5.41) is 10.8. The molecule has 1 fully saturated rings. The van der Waals surface area contributed by atoms with Crippen molar-refractivity contribution in [3.05, 3.63) is 0 Å². The zero-order valence-corrected chi connectivity index (χ0v) is 7.69. The summed E-state index contributed by atoms with van der Waals surface area (Å²) in [5.41, 5.74) is -0.584. The summed E-state index contributed by atoms with van der Waals surface area (Å²) in [6, 6.07) is 2.07. The number of nitrogens with zero attached hydrogens (tertiary/aromatic N) is 1. The van der Waals surface area contributed by atoms with Crippen molar-refractivity contribution in [2.24, 2.45) is 0 Å². The highest BCUT2D eigenvalue weighted by Crippen LogP contribution is 2.34. The smallest absolute Gasteiger partial charge is 0.239 e. The molecule has 0 aromatic heterocycles. The minimum atomic E-state index is -0.584. The van der Waals surface area contributed by atoms with Gasteiger partial charge in [-0.3, -0.25) is 4.79 Å². The number of carbonyl (C=O) groups is 1. The number of nitrogens with one attached hydrogen (secondary N) is 1. The van der Waals surface area contributed by atoms with Crippen LogP contribution in [0.2, 0.25) is 0 Å².